The lowest BCUT2D eigenvalue weighted by Gasteiger charge is -2.23. The van der Waals surface area contributed by atoms with E-state index in [2.05, 4.69) is 104 Å². The fraction of sp³-hybridized carbons (Fsp3) is 0.474. The van der Waals surface area contributed by atoms with Crippen molar-refractivity contribution in [3.05, 3.63) is 95.1 Å². The van der Waals surface area contributed by atoms with Crippen LogP contribution in [0.4, 0.5) is 0 Å². The summed E-state index contributed by atoms with van der Waals surface area (Å²) in [6.45, 7) is 14.9. The van der Waals surface area contributed by atoms with Crippen molar-refractivity contribution in [2.45, 2.75) is 39.0 Å². The zero-order valence-electron chi connectivity index (χ0n) is 27.7. The van der Waals surface area contributed by atoms with Crippen LogP contribution in [0, 0.1) is 0 Å². The molecule has 4 aromatic carbocycles. The molecule has 0 amide bonds. The summed E-state index contributed by atoms with van der Waals surface area (Å²) in [4.78, 5) is 5.05. The first-order valence-corrected chi connectivity index (χ1v) is 17.4. The third-order valence-corrected chi connectivity index (χ3v) is 9.03. The smallest absolute Gasteiger partial charge is 0.0206 e. The molecule has 46 heavy (non-hydrogen) atoms. The van der Waals surface area contributed by atoms with Crippen LogP contribution in [-0.2, 0) is 26.2 Å². The number of nitrogens with zero attached hydrogens (tertiary/aromatic N) is 2. The second kappa shape index (κ2) is 19.0. The van der Waals surface area contributed by atoms with Gasteiger partial charge in [-0.15, -0.1) is 0 Å². The monoisotopic (exact) mass is 624 g/mol. The summed E-state index contributed by atoms with van der Waals surface area (Å²) in [7, 11) is 0. The Kier molecular flexibility index (Phi) is 14.2. The van der Waals surface area contributed by atoms with E-state index < -0.39 is 0 Å². The molecule has 8 aliphatic rings. The summed E-state index contributed by atoms with van der Waals surface area (Å²) < 4.78 is 0. The summed E-state index contributed by atoms with van der Waals surface area (Å²) in [5, 5.41) is 19.9. The molecular weight excluding hydrogens is 568 g/mol. The lowest BCUT2D eigenvalue weighted by Crippen LogP contribution is -2.38. The maximum absolute atomic E-state index is 5.85. The Morgan fingerprint density at radius 3 is 0.978 bits per heavy atom. The van der Waals surface area contributed by atoms with Crippen LogP contribution in [0.15, 0.2) is 72.8 Å². The molecule has 0 saturated carbocycles. The zero-order valence-corrected chi connectivity index (χ0v) is 27.7. The minimum absolute atomic E-state index is 0.731. The molecule has 4 aromatic rings. The van der Waals surface area contributed by atoms with Crippen molar-refractivity contribution in [1.29, 1.82) is 0 Å². The third-order valence-electron chi connectivity index (χ3n) is 9.03. The van der Waals surface area contributed by atoms with Crippen LogP contribution >= 0.6 is 0 Å². The molecule has 248 valence electrons. The molecule has 8 bridgehead atoms. The van der Waals surface area contributed by atoms with E-state index >= 15 is 0 Å². The molecule has 8 nitrogen and oxygen atoms in total. The maximum Gasteiger partial charge on any atom is 0.0206 e. The highest BCUT2D eigenvalue weighted by atomic mass is 15.2. The van der Waals surface area contributed by atoms with Crippen LogP contribution < -0.4 is 32.7 Å². The summed E-state index contributed by atoms with van der Waals surface area (Å²) in [6.07, 6.45) is 2.05. The largest absolute Gasteiger partial charge is 0.330 e. The molecule has 0 spiro atoms. The molecule has 0 atom stereocenters. The topological polar surface area (TPSA) is 107 Å². The van der Waals surface area contributed by atoms with Gasteiger partial charge in [0.25, 0.3) is 0 Å². The van der Waals surface area contributed by atoms with E-state index in [4.69, 9.17) is 11.5 Å². The highest BCUT2D eigenvalue weighted by Gasteiger charge is 2.08. The van der Waals surface area contributed by atoms with Crippen molar-refractivity contribution in [2.75, 3.05) is 78.5 Å². The van der Waals surface area contributed by atoms with Crippen molar-refractivity contribution in [3.8, 4) is 0 Å². The van der Waals surface area contributed by atoms with Crippen molar-refractivity contribution in [3.63, 3.8) is 0 Å². The summed E-state index contributed by atoms with van der Waals surface area (Å²) in [5.74, 6) is 0. The molecule has 8 heterocycles. The molecule has 0 aliphatic carbocycles. The van der Waals surface area contributed by atoms with Crippen molar-refractivity contribution < 1.29 is 0 Å². The minimum atomic E-state index is 0.731. The van der Waals surface area contributed by atoms with Gasteiger partial charge in [-0.3, -0.25) is 0 Å². The predicted octanol–water partition coefficient (Wildman–Crippen LogP) is 3.37. The Labute approximate surface area is 276 Å². The third kappa shape index (κ3) is 11.1. The van der Waals surface area contributed by atoms with Crippen LogP contribution in [0.25, 0.3) is 21.5 Å². The Hall–Kier alpha value is -2.92. The van der Waals surface area contributed by atoms with E-state index in [1.165, 1.54) is 43.8 Å². The summed E-state index contributed by atoms with van der Waals surface area (Å²) in [6, 6.07) is 27.4. The number of rotatable bonds is 6. The fourth-order valence-corrected chi connectivity index (χ4v) is 6.31. The van der Waals surface area contributed by atoms with Gasteiger partial charge in [0.05, 0.1) is 0 Å². The van der Waals surface area contributed by atoms with Crippen LogP contribution in [-0.4, -0.2) is 88.3 Å². The molecule has 8 N–H and O–H groups in total. The standard InChI is InChI=1S/C38H56N8/c39-11-1-17-45-19-13-41-27-31-3-7-37-25-33(5-9-35(37)23-31)29-43-15-21-46(18-2-12-40)22-16-44-30-34-6-10-36-24-32(28-42-14-20-45)4-8-38(36)26-34/h3-10,23-26,41-44H,1-2,11-22,27-30,39-40H2. The Morgan fingerprint density at radius 2 is 0.717 bits per heavy atom. The molecule has 0 fully saturated rings. The highest BCUT2D eigenvalue weighted by Crippen LogP contribution is 2.19. The molecule has 8 aliphatic heterocycles. The Bertz CT molecular complexity index is 1260. The van der Waals surface area contributed by atoms with E-state index in [0.29, 0.717) is 0 Å². The number of nitrogens with two attached hydrogens (primary N) is 2. The van der Waals surface area contributed by atoms with Gasteiger partial charge in [0.15, 0.2) is 0 Å². The van der Waals surface area contributed by atoms with Gasteiger partial charge in [-0.2, -0.15) is 0 Å². The van der Waals surface area contributed by atoms with Gasteiger partial charge in [-0.25, -0.2) is 0 Å². The first-order valence-electron chi connectivity index (χ1n) is 17.4. The lowest BCUT2D eigenvalue weighted by molar-refractivity contribution is 0.270. The minimum Gasteiger partial charge on any atom is -0.330 e. The van der Waals surface area contributed by atoms with E-state index in [0.717, 1.165) is 118 Å². The van der Waals surface area contributed by atoms with Crippen LogP contribution in [0.2, 0.25) is 0 Å². The van der Waals surface area contributed by atoms with Gasteiger partial charge in [-0.05, 0) is 107 Å². The summed E-state index contributed by atoms with van der Waals surface area (Å²) >= 11 is 0. The molecule has 0 saturated heterocycles. The molecule has 0 radical (unpaired) electrons. The van der Waals surface area contributed by atoms with Crippen LogP contribution in [0.3, 0.4) is 0 Å². The predicted molar refractivity (Wildman–Crippen MR) is 195 cm³/mol. The molecule has 0 unspecified atom stereocenters. The molecule has 8 heteroatoms. The Morgan fingerprint density at radius 1 is 0.435 bits per heavy atom. The first kappa shape index (κ1) is 34.4. The average Bonchev–Trinajstić information content (AvgIpc) is 3.08. The van der Waals surface area contributed by atoms with Crippen molar-refractivity contribution >= 4 is 21.5 Å². The molecular formula is C38H56N8. The van der Waals surface area contributed by atoms with Gasteiger partial charge < -0.3 is 42.5 Å². The van der Waals surface area contributed by atoms with Gasteiger partial charge in [-0.1, -0.05) is 48.5 Å². The zero-order chi connectivity index (χ0) is 31.8. The van der Waals surface area contributed by atoms with Gasteiger partial charge >= 0.3 is 0 Å². The second-order valence-corrected chi connectivity index (χ2v) is 12.7. The van der Waals surface area contributed by atoms with E-state index in [9.17, 15) is 0 Å². The van der Waals surface area contributed by atoms with E-state index in [1.807, 2.05) is 0 Å². The normalized spacial score (nSPS) is 17.6. The second-order valence-electron chi connectivity index (χ2n) is 12.7. The van der Waals surface area contributed by atoms with Crippen LogP contribution in [0.1, 0.15) is 35.1 Å². The number of nitrogens with one attached hydrogen (secondary N) is 4. The maximum atomic E-state index is 5.85. The lowest BCUT2D eigenvalue weighted by atomic mass is 10.0. The fourth-order valence-electron chi connectivity index (χ4n) is 6.31. The first-order chi connectivity index (χ1) is 22.7. The quantitative estimate of drug-likeness (QED) is 0.194. The van der Waals surface area contributed by atoms with E-state index in [1.54, 1.807) is 0 Å². The SMILES string of the molecule is NCCCN1CCNCc2ccc3cc(ccc3c2)CNCCN(CCCN)CCNCc2ccc3cc(ccc3c2)CNCC1. The molecule has 12 rings (SSSR count). The highest BCUT2D eigenvalue weighted by molar-refractivity contribution is 5.84. The number of benzene rings is 4. The Balaban J connectivity index is 1.23. The average molecular weight is 625 g/mol. The summed E-state index contributed by atoms with van der Waals surface area (Å²) in [5.41, 5.74) is 17.0. The molecule has 0 aromatic heterocycles. The van der Waals surface area contributed by atoms with Gasteiger partial charge in [0.1, 0.15) is 0 Å². The number of hydrogen-bond acceptors (Lipinski definition) is 8. The number of hydrogen-bond donors (Lipinski definition) is 6. The van der Waals surface area contributed by atoms with Gasteiger partial charge in [0.2, 0.25) is 0 Å². The van der Waals surface area contributed by atoms with Crippen molar-refractivity contribution in [1.82, 2.24) is 31.1 Å². The van der Waals surface area contributed by atoms with Crippen LogP contribution in [0.5, 0.6) is 0 Å². The van der Waals surface area contributed by atoms with Gasteiger partial charge in [0, 0.05) is 78.5 Å². The van der Waals surface area contributed by atoms with E-state index in [-0.39, 0.29) is 0 Å². The van der Waals surface area contributed by atoms with Crippen molar-refractivity contribution in [2.24, 2.45) is 11.5 Å².